The lowest BCUT2D eigenvalue weighted by atomic mass is 10.2. The van der Waals surface area contributed by atoms with E-state index in [1.165, 1.54) is 18.1 Å². The van der Waals surface area contributed by atoms with Gasteiger partial charge in [-0.2, -0.15) is 0 Å². The molecule has 0 spiro atoms. The first kappa shape index (κ1) is 14.1. The fourth-order valence-corrected chi connectivity index (χ4v) is 1.85. The molecule has 0 aliphatic carbocycles. The van der Waals surface area contributed by atoms with E-state index in [2.05, 4.69) is 9.97 Å². The Bertz CT molecular complexity index is 421. The van der Waals surface area contributed by atoms with Crippen molar-refractivity contribution in [2.45, 2.75) is 31.4 Å². The molecule has 0 aliphatic heterocycles. The quantitative estimate of drug-likeness (QED) is 0.517. The Balaban J connectivity index is 2.56. The number of hydrogen-bond acceptors (Lipinski definition) is 6. The molecule has 0 aliphatic rings. The number of nitrogens with two attached hydrogens (primary N) is 1. The van der Waals surface area contributed by atoms with Crippen molar-refractivity contribution in [3.63, 3.8) is 0 Å². The first-order valence-electron chi connectivity index (χ1n) is 4.90. The van der Waals surface area contributed by atoms with Crippen LogP contribution < -0.4 is 5.73 Å². The van der Waals surface area contributed by atoms with Gasteiger partial charge >= 0.3 is 5.97 Å². The van der Waals surface area contributed by atoms with Crippen LogP contribution in [0.1, 0.15) is 20.8 Å². The van der Waals surface area contributed by atoms with Gasteiger partial charge in [0.15, 0.2) is 5.15 Å². The minimum Gasteiger partial charge on any atom is -0.459 e. The lowest BCUT2D eigenvalue weighted by molar-refractivity contribution is -0.151. The third-order valence-electron chi connectivity index (χ3n) is 1.55. The molecular weight excluding hydrogens is 262 g/mol. The Hall–Kier alpha value is -1.01. The molecule has 0 aromatic carbocycles. The zero-order valence-corrected chi connectivity index (χ0v) is 11.4. The van der Waals surface area contributed by atoms with Gasteiger partial charge in [0, 0.05) is 0 Å². The van der Waals surface area contributed by atoms with E-state index < -0.39 is 5.60 Å². The minimum atomic E-state index is -0.494. The summed E-state index contributed by atoms with van der Waals surface area (Å²) < 4.78 is 5.15. The first-order chi connectivity index (χ1) is 7.79. The van der Waals surface area contributed by atoms with Crippen molar-refractivity contribution in [2.24, 2.45) is 0 Å². The molecule has 5 nitrogen and oxygen atoms in total. The molecule has 1 rings (SSSR count). The second kappa shape index (κ2) is 5.55. The Morgan fingerprint density at radius 3 is 2.76 bits per heavy atom. The molecule has 0 fully saturated rings. The molecule has 0 unspecified atom stereocenters. The summed E-state index contributed by atoms with van der Waals surface area (Å²) >= 11 is 6.90. The van der Waals surface area contributed by atoms with Crippen molar-refractivity contribution in [2.75, 3.05) is 11.5 Å². The number of halogens is 1. The summed E-state index contributed by atoms with van der Waals surface area (Å²) in [7, 11) is 0. The predicted molar refractivity (Wildman–Crippen MR) is 68.0 cm³/mol. The Morgan fingerprint density at radius 1 is 1.53 bits per heavy atom. The minimum absolute atomic E-state index is 0.134. The van der Waals surface area contributed by atoms with Gasteiger partial charge in [-0.15, -0.1) is 0 Å². The average Bonchev–Trinajstić information content (AvgIpc) is 2.18. The van der Waals surface area contributed by atoms with Crippen molar-refractivity contribution >= 4 is 35.0 Å². The topological polar surface area (TPSA) is 78.1 Å². The highest BCUT2D eigenvalue weighted by Gasteiger charge is 2.17. The largest absolute Gasteiger partial charge is 0.459 e. The van der Waals surface area contributed by atoms with Crippen molar-refractivity contribution < 1.29 is 9.53 Å². The van der Waals surface area contributed by atoms with E-state index in [1.54, 1.807) is 0 Å². The molecule has 0 bridgehead atoms. The van der Waals surface area contributed by atoms with Crippen LogP contribution in [-0.2, 0) is 9.53 Å². The van der Waals surface area contributed by atoms with E-state index in [0.29, 0.717) is 5.03 Å². The van der Waals surface area contributed by atoms with Gasteiger partial charge in [0.05, 0.1) is 5.75 Å². The summed E-state index contributed by atoms with van der Waals surface area (Å²) in [6, 6.07) is 0. The van der Waals surface area contributed by atoms with Gasteiger partial charge in [0.25, 0.3) is 0 Å². The molecule has 2 N–H and O–H groups in total. The van der Waals surface area contributed by atoms with Crippen molar-refractivity contribution in [1.82, 2.24) is 9.97 Å². The molecule has 17 heavy (non-hydrogen) atoms. The number of rotatable bonds is 3. The van der Waals surface area contributed by atoms with Gasteiger partial charge in [-0.1, -0.05) is 23.4 Å². The number of anilines is 1. The Morgan fingerprint density at radius 2 is 2.18 bits per heavy atom. The van der Waals surface area contributed by atoms with Crippen LogP contribution in [0.3, 0.4) is 0 Å². The highest BCUT2D eigenvalue weighted by atomic mass is 35.5. The van der Waals surface area contributed by atoms with E-state index in [9.17, 15) is 4.79 Å². The maximum Gasteiger partial charge on any atom is 0.316 e. The molecule has 0 radical (unpaired) electrons. The van der Waals surface area contributed by atoms with Crippen LogP contribution >= 0.6 is 23.4 Å². The lowest BCUT2D eigenvalue weighted by Gasteiger charge is -2.19. The third kappa shape index (κ3) is 4.79. The second-order valence-corrected chi connectivity index (χ2v) is 5.58. The van der Waals surface area contributed by atoms with Gasteiger partial charge in [0.2, 0.25) is 0 Å². The number of carbonyl (C=O) groups excluding carboxylic acids is 1. The number of esters is 1. The van der Waals surface area contributed by atoms with Gasteiger partial charge in [0.1, 0.15) is 22.6 Å². The number of nitrogens with zero attached hydrogens (tertiary/aromatic N) is 2. The number of carbonyl (C=O) groups is 1. The lowest BCUT2D eigenvalue weighted by Crippen LogP contribution is -2.25. The molecule has 7 heteroatoms. The molecule has 94 valence electrons. The van der Waals surface area contributed by atoms with Crippen LogP contribution in [0, 0.1) is 0 Å². The van der Waals surface area contributed by atoms with E-state index >= 15 is 0 Å². The smallest absolute Gasteiger partial charge is 0.316 e. The van der Waals surface area contributed by atoms with Gasteiger partial charge in [-0.25, -0.2) is 9.97 Å². The first-order valence-corrected chi connectivity index (χ1v) is 6.26. The number of aromatic nitrogens is 2. The summed E-state index contributed by atoms with van der Waals surface area (Å²) in [5.41, 5.74) is 5.45. The second-order valence-electron chi connectivity index (χ2n) is 4.26. The standard InChI is InChI=1S/C10H14ClN3O2S/c1-10(2,3)16-6(15)4-17-9-7(12)8(11)13-5-14-9/h5H,4,12H2,1-3H3. The fourth-order valence-electron chi connectivity index (χ4n) is 0.973. The van der Waals surface area contributed by atoms with Crippen molar-refractivity contribution in [3.8, 4) is 0 Å². The van der Waals surface area contributed by atoms with E-state index in [1.807, 2.05) is 20.8 Å². The molecule has 0 amide bonds. The monoisotopic (exact) mass is 275 g/mol. The summed E-state index contributed by atoms with van der Waals surface area (Å²) in [6.45, 7) is 5.43. The normalized spacial score (nSPS) is 11.3. The molecular formula is C10H14ClN3O2S. The van der Waals surface area contributed by atoms with Crippen molar-refractivity contribution in [3.05, 3.63) is 11.5 Å². The molecule has 0 saturated carbocycles. The van der Waals surface area contributed by atoms with Crippen LogP contribution in [0.25, 0.3) is 0 Å². The predicted octanol–water partition coefficient (Wildman–Crippen LogP) is 2.15. The van der Waals surface area contributed by atoms with E-state index in [-0.39, 0.29) is 22.6 Å². The SMILES string of the molecule is CC(C)(C)OC(=O)CSc1ncnc(Cl)c1N. The number of thioether (sulfide) groups is 1. The fraction of sp³-hybridized carbons (Fsp3) is 0.500. The Kier molecular flexibility index (Phi) is 4.59. The summed E-state index contributed by atoms with van der Waals surface area (Å²) in [6.07, 6.45) is 1.30. The van der Waals surface area contributed by atoms with E-state index in [4.69, 9.17) is 22.1 Å². The van der Waals surface area contributed by atoms with Gasteiger partial charge in [-0.05, 0) is 20.8 Å². The van der Waals surface area contributed by atoms with E-state index in [0.717, 1.165) is 0 Å². The zero-order valence-electron chi connectivity index (χ0n) is 9.86. The highest BCUT2D eigenvalue weighted by molar-refractivity contribution is 8.00. The van der Waals surface area contributed by atoms with Gasteiger partial charge < -0.3 is 10.5 Å². The number of ether oxygens (including phenoxy) is 1. The average molecular weight is 276 g/mol. The number of hydrogen-bond donors (Lipinski definition) is 1. The Labute approximate surface area is 109 Å². The molecule has 1 aromatic rings. The van der Waals surface area contributed by atoms with Crippen molar-refractivity contribution in [1.29, 1.82) is 0 Å². The van der Waals surface area contributed by atoms with Crippen LogP contribution in [0.5, 0.6) is 0 Å². The molecule has 0 atom stereocenters. The number of nitrogen functional groups attached to an aromatic ring is 1. The molecule has 0 saturated heterocycles. The van der Waals surface area contributed by atoms with Crippen LogP contribution in [0.2, 0.25) is 5.15 Å². The highest BCUT2D eigenvalue weighted by Crippen LogP contribution is 2.27. The molecule has 1 aromatic heterocycles. The maximum atomic E-state index is 11.5. The van der Waals surface area contributed by atoms with Crippen LogP contribution in [-0.4, -0.2) is 27.3 Å². The molecule has 1 heterocycles. The zero-order chi connectivity index (χ0) is 13.1. The third-order valence-corrected chi connectivity index (χ3v) is 2.83. The van der Waals surface area contributed by atoms with Crippen LogP contribution in [0.15, 0.2) is 11.4 Å². The summed E-state index contributed by atoms with van der Waals surface area (Å²) in [5.74, 6) is -0.189. The summed E-state index contributed by atoms with van der Waals surface area (Å²) in [5, 5.41) is 0.669. The maximum absolute atomic E-state index is 11.5. The summed E-state index contributed by atoms with van der Waals surface area (Å²) in [4.78, 5) is 19.1. The van der Waals surface area contributed by atoms with Gasteiger partial charge in [-0.3, -0.25) is 4.79 Å². The van der Waals surface area contributed by atoms with Crippen LogP contribution in [0.4, 0.5) is 5.69 Å².